The van der Waals surface area contributed by atoms with Crippen LogP contribution < -0.4 is 0 Å². The number of benzene rings is 1. The zero-order valence-electron chi connectivity index (χ0n) is 12.7. The van der Waals surface area contributed by atoms with Crippen molar-refractivity contribution in [1.82, 2.24) is 4.90 Å². The summed E-state index contributed by atoms with van der Waals surface area (Å²) >= 11 is 6.09. The van der Waals surface area contributed by atoms with E-state index in [9.17, 15) is 8.78 Å². The maximum Gasteiger partial charge on any atom is 0.388 e. The monoisotopic (exact) mass is 316 g/mol. The van der Waals surface area contributed by atoms with Crippen molar-refractivity contribution in [3.05, 3.63) is 45.3 Å². The smallest absolute Gasteiger partial charge is 0.388 e. The number of hydrogen-bond acceptors (Lipinski definition) is 3. The number of alkyl halides is 2. The van der Waals surface area contributed by atoms with E-state index in [0.717, 1.165) is 16.7 Å². The van der Waals surface area contributed by atoms with Crippen molar-refractivity contribution in [1.29, 1.82) is 5.41 Å². The third kappa shape index (κ3) is 4.17. The summed E-state index contributed by atoms with van der Waals surface area (Å²) in [6, 6.07) is 3.76. The normalized spacial score (nSPS) is 12.2. The van der Waals surface area contributed by atoms with Gasteiger partial charge in [-0.25, -0.2) is 0 Å². The van der Waals surface area contributed by atoms with Crippen molar-refractivity contribution >= 4 is 17.3 Å². The largest absolute Gasteiger partial charge is 0.417 e. The number of rotatable bonds is 5. The molecule has 21 heavy (non-hydrogen) atoms. The van der Waals surface area contributed by atoms with Crippen LogP contribution in [0.15, 0.2) is 23.0 Å². The first-order chi connectivity index (χ1) is 9.65. The SMILES string of the molecule is Cc1cc(C)c(C(=N)/C(Cl)=C(/OC(F)F)N(C)C)cc1C. The van der Waals surface area contributed by atoms with Crippen LogP contribution in [-0.4, -0.2) is 31.3 Å². The van der Waals surface area contributed by atoms with Crippen LogP contribution in [0.25, 0.3) is 0 Å². The molecular weight excluding hydrogens is 298 g/mol. The highest BCUT2D eigenvalue weighted by Crippen LogP contribution is 2.24. The zero-order chi connectivity index (χ0) is 16.3. The van der Waals surface area contributed by atoms with Crippen molar-refractivity contribution in [2.45, 2.75) is 27.4 Å². The van der Waals surface area contributed by atoms with Gasteiger partial charge in [0.25, 0.3) is 0 Å². The molecule has 0 aliphatic heterocycles. The minimum atomic E-state index is -3.00. The molecule has 1 aromatic rings. The van der Waals surface area contributed by atoms with Crippen molar-refractivity contribution < 1.29 is 13.5 Å². The molecule has 0 fully saturated rings. The lowest BCUT2D eigenvalue weighted by Gasteiger charge is -2.20. The van der Waals surface area contributed by atoms with E-state index in [2.05, 4.69) is 4.74 Å². The van der Waals surface area contributed by atoms with E-state index in [1.54, 1.807) is 0 Å². The average molecular weight is 317 g/mol. The van der Waals surface area contributed by atoms with Gasteiger partial charge in [-0.15, -0.1) is 0 Å². The van der Waals surface area contributed by atoms with Crippen molar-refractivity contribution in [2.75, 3.05) is 14.1 Å². The Hall–Kier alpha value is -1.62. The Labute approximate surface area is 128 Å². The summed E-state index contributed by atoms with van der Waals surface area (Å²) in [5.41, 5.74) is 3.52. The fourth-order valence-electron chi connectivity index (χ4n) is 1.89. The molecule has 6 heteroatoms. The molecule has 0 bridgehead atoms. The third-order valence-electron chi connectivity index (χ3n) is 3.12. The van der Waals surface area contributed by atoms with Crippen LogP contribution in [0.4, 0.5) is 8.78 Å². The summed E-state index contributed by atoms with van der Waals surface area (Å²) < 4.78 is 29.3. The van der Waals surface area contributed by atoms with Crippen LogP contribution in [0.5, 0.6) is 0 Å². The molecule has 1 rings (SSSR count). The van der Waals surface area contributed by atoms with Crippen molar-refractivity contribution in [2.24, 2.45) is 0 Å². The summed E-state index contributed by atoms with van der Waals surface area (Å²) in [6.07, 6.45) is 0. The van der Waals surface area contributed by atoms with E-state index in [1.807, 2.05) is 32.9 Å². The number of allylic oxidation sites excluding steroid dienone is 1. The predicted octanol–water partition coefficient (Wildman–Crippen LogP) is 4.19. The quantitative estimate of drug-likeness (QED) is 0.653. The number of aryl methyl sites for hydroxylation is 3. The zero-order valence-corrected chi connectivity index (χ0v) is 13.5. The van der Waals surface area contributed by atoms with Gasteiger partial charge in [-0.3, -0.25) is 5.41 Å². The number of nitrogens with zero attached hydrogens (tertiary/aromatic N) is 1. The van der Waals surface area contributed by atoms with Gasteiger partial charge in [-0.05, 0) is 43.5 Å². The van der Waals surface area contributed by atoms with Crippen molar-refractivity contribution in [3.8, 4) is 0 Å². The van der Waals surface area contributed by atoms with E-state index in [1.165, 1.54) is 19.0 Å². The van der Waals surface area contributed by atoms with Crippen molar-refractivity contribution in [3.63, 3.8) is 0 Å². The van der Waals surface area contributed by atoms with Gasteiger partial charge in [0.15, 0.2) is 0 Å². The molecule has 0 saturated carbocycles. The van der Waals surface area contributed by atoms with E-state index in [4.69, 9.17) is 17.0 Å². The van der Waals surface area contributed by atoms with E-state index >= 15 is 0 Å². The van der Waals surface area contributed by atoms with E-state index in [-0.39, 0.29) is 16.6 Å². The van der Waals surface area contributed by atoms with E-state index in [0.29, 0.717) is 5.56 Å². The second-order valence-electron chi connectivity index (χ2n) is 5.02. The Balaban J connectivity index is 3.31. The Morgan fingerprint density at radius 2 is 1.67 bits per heavy atom. The average Bonchev–Trinajstić information content (AvgIpc) is 2.38. The Morgan fingerprint density at radius 3 is 2.14 bits per heavy atom. The fourth-order valence-corrected chi connectivity index (χ4v) is 2.21. The Morgan fingerprint density at radius 1 is 1.14 bits per heavy atom. The maximum absolute atomic E-state index is 12.5. The predicted molar refractivity (Wildman–Crippen MR) is 81.1 cm³/mol. The Kier molecular flexibility index (Phi) is 5.72. The molecular formula is C15H19ClF2N2O. The molecule has 1 aromatic carbocycles. The third-order valence-corrected chi connectivity index (χ3v) is 3.47. The van der Waals surface area contributed by atoms with Gasteiger partial charge in [0.2, 0.25) is 5.88 Å². The highest BCUT2D eigenvalue weighted by atomic mass is 35.5. The maximum atomic E-state index is 12.5. The summed E-state index contributed by atoms with van der Waals surface area (Å²) in [6.45, 7) is 2.75. The molecule has 0 atom stereocenters. The van der Waals surface area contributed by atoms with E-state index < -0.39 is 6.61 Å². The van der Waals surface area contributed by atoms with Crippen LogP contribution in [0.3, 0.4) is 0 Å². The van der Waals surface area contributed by atoms with Gasteiger partial charge in [0.1, 0.15) is 5.03 Å². The highest BCUT2D eigenvalue weighted by Gasteiger charge is 2.20. The second kappa shape index (κ2) is 6.89. The van der Waals surface area contributed by atoms with Crippen LogP contribution in [-0.2, 0) is 4.74 Å². The lowest BCUT2D eigenvalue weighted by atomic mass is 9.97. The molecule has 0 aliphatic rings. The summed E-state index contributed by atoms with van der Waals surface area (Å²) in [5, 5.41) is 8.02. The number of nitrogens with one attached hydrogen (secondary N) is 1. The van der Waals surface area contributed by atoms with Crippen LogP contribution in [0.1, 0.15) is 22.3 Å². The molecule has 0 heterocycles. The van der Waals surface area contributed by atoms with Gasteiger partial charge in [-0.1, -0.05) is 17.7 Å². The molecule has 3 nitrogen and oxygen atoms in total. The number of ether oxygens (including phenoxy) is 1. The van der Waals surface area contributed by atoms with Crippen LogP contribution in [0.2, 0.25) is 0 Å². The first-order valence-corrected chi connectivity index (χ1v) is 6.72. The summed E-state index contributed by atoms with van der Waals surface area (Å²) in [7, 11) is 3.06. The standard InChI is InChI=1S/C15H19ClF2N2O/c1-8-6-10(3)11(7-9(8)2)13(19)12(16)14(20(4)5)21-15(17)18/h6-7,15,19H,1-5H3/b14-12-,19-13?. The first-order valence-electron chi connectivity index (χ1n) is 6.34. The number of halogens is 3. The fraction of sp³-hybridized carbons (Fsp3) is 0.400. The van der Waals surface area contributed by atoms with Gasteiger partial charge >= 0.3 is 6.61 Å². The van der Waals surface area contributed by atoms with Gasteiger partial charge < -0.3 is 9.64 Å². The second-order valence-corrected chi connectivity index (χ2v) is 5.40. The molecule has 0 aliphatic carbocycles. The molecule has 0 amide bonds. The molecule has 0 saturated heterocycles. The summed E-state index contributed by atoms with van der Waals surface area (Å²) in [4.78, 5) is 1.32. The molecule has 0 spiro atoms. The molecule has 116 valence electrons. The molecule has 0 radical (unpaired) electrons. The van der Waals surface area contributed by atoms with Gasteiger partial charge in [0.05, 0.1) is 5.71 Å². The van der Waals surface area contributed by atoms with Gasteiger partial charge in [0, 0.05) is 19.7 Å². The number of hydrogen-bond donors (Lipinski definition) is 1. The van der Waals surface area contributed by atoms with Gasteiger partial charge in [-0.2, -0.15) is 8.78 Å². The lowest BCUT2D eigenvalue weighted by Crippen LogP contribution is -2.20. The minimum Gasteiger partial charge on any atom is -0.417 e. The lowest BCUT2D eigenvalue weighted by molar-refractivity contribution is -0.113. The highest BCUT2D eigenvalue weighted by molar-refractivity contribution is 6.46. The minimum absolute atomic E-state index is 0.0402. The topological polar surface area (TPSA) is 36.3 Å². The van der Waals surface area contributed by atoms with Crippen LogP contribution >= 0.6 is 11.6 Å². The summed E-state index contributed by atoms with van der Waals surface area (Å²) in [5.74, 6) is -0.228. The first kappa shape index (κ1) is 17.4. The molecule has 1 N–H and O–H groups in total. The van der Waals surface area contributed by atoms with Crippen LogP contribution in [0, 0.1) is 26.2 Å². The Bertz CT molecular complexity index is 583. The molecule has 0 aromatic heterocycles. The molecule has 0 unspecified atom stereocenters.